The molecule has 5 nitrogen and oxygen atoms in total. The predicted octanol–water partition coefficient (Wildman–Crippen LogP) is 4.30. The molecule has 6 heteroatoms. The van der Waals surface area contributed by atoms with Gasteiger partial charge in [0.2, 0.25) is 11.8 Å². The van der Waals surface area contributed by atoms with Gasteiger partial charge in [0, 0.05) is 16.7 Å². The second kappa shape index (κ2) is 7.10. The first kappa shape index (κ1) is 19.1. The fraction of sp³-hybridized carbons (Fsp3) is 0.292. The molecule has 2 fully saturated rings. The third-order valence-electron chi connectivity index (χ3n) is 6.49. The van der Waals surface area contributed by atoms with Gasteiger partial charge < -0.3 is 4.74 Å². The first-order valence-corrected chi connectivity index (χ1v) is 10.4. The van der Waals surface area contributed by atoms with E-state index in [9.17, 15) is 14.4 Å². The summed E-state index contributed by atoms with van der Waals surface area (Å²) in [5, 5.41) is 0.559. The van der Waals surface area contributed by atoms with Crippen LogP contribution in [0, 0.1) is 23.7 Å². The van der Waals surface area contributed by atoms with Crippen molar-refractivity contribution in [3.05, 3.63) is 70.8 Å². The van der Waals surface area contributed by atoms with Crippen molar-refractivity contribution in [1.82, 2.24) is 0 Å². The van der Waals surface area contributed by atoms with Gasteiger partial charge in [0.25, 0.3) is 0 Å². The van der Waals surface area contributed by atoms with Gasteiger partial charge >= 0.3 is 0 Å². The van der Waals surface area contributed by atoms with E-state index in [-0.39, 0.29) is 47.9 Å². The van der Waals surface area contributed by atoms with Crippen LogP contribution in [0.5, 0.6) is 5.75 Å². The zero-order chi connectivity index (χ0) is 21.0. The van der Waals surface area contributed by atoms with E-state index in [4.69, 9.17) is 16.3 Å². The number of imide groups is 1. The summed E-state index contributed by atoms with van der Waals surface area (Å²) in [6.45, 7) is 1.90. The maximum absolute atomic E-state index is 13.1. The van der Waals surface area contributed by atoms with E-state index in [1.807, 2.05) is 6.92 Å². The zero-order valence-corrected chi connectivity index (χ0v) is 17.1. The number of fused-ring (bicyclic) bond motifs is 5. The minimum atomic E-state index is -0.248. The van der Waals surface area contributed by atoms with Crippen molar-refractivity contribution in [2.24, 2.45) is 23.7 Å². The van der Waals surface area contributed by atoms with E-state index in [0.717, 1.165) is 6.42 Å². The number of halogens is 1. The van der Waals surface area contributed by atoms with Gasteiger partial charge in [0.1, 0.15) is 5.75 Å². The third kappa shape index (κ3) is 2.96. The maximum Gasteiger partial charge on any atom is 0.238 e. The minimum Gasteiger partial charge on any atom is -0.485 e. The van der Waals surface area contributed by atoms with Gasteiger partial charge in [0.15, 0.2) is 12.4 Å². The first-order valence-electron chi connectivity index (χ1n) is 10.0. The van der Waals surface area contributed by atoms with Crippen LogP contribution in [0.1, 0.15) is 23.7 Å². The number of ketones is 1. The van der Waals surface area contributed by atoms with Crippen LogP contribution in [-0.4, -0.2) is 24.2 Å². The van der Waals surface area contributed by atoms with Crippen molar-refractivity contribution in [2.45, 2.75) is 13.3 Å². The first-order chi connectivity index (χ1) is 14.4. The summed E-state index contributed by atoms with van der Waals surface area (Å²) in [7, 11) is 0. The van der Waals surface area contributed by atoms with Gasteiger partial charge in [-0.3, -0.25) is 14.4 Å². The number of hydrogen-bond acceptors (Lipinski definition) is 4. The number of nitrogens with zero attached hydrogens (tertiary/aromatic N) is 1. The summed E-state index contributed by atoms with van der Waals surface area (Å²) in [5.74, 6) is -0.153. The Morgan fingerprint density at radius 1 is 1.10 bits per heavy atom. The monoisotopic (exact) mass is 421 g/mol. The SMILES string of the molecule is CC1=C[C@H]2C[C@@H]1[C@@H]1C(=O)N(c3cccc(OCC(=O)c4ccc(Cl)cc4)c3)C(=O)[C@H]12. The highest BCUT2D eigenvalue weighted by Gasteiger charge is 2.60. The number of anilines is 1. The number of carbonyl (C=O) groups is 3. The highest BCUT2D eigenvalue weighted by Crippen LogP contribution is 2.55. The summed E-state index contributed by atoms with van der Waals surface area (Å²) in [4.78, 5) is 39.8. The molecule has 1 aliphatic heterocycles. The van der Waals surface area contributed by atoms with Gasteiger partial charge in [-0.25, -0.2) is 4.90 Å². The Balaban J connectivity index is 1.32. The molecule has 2 aromatic carbocycles. The van der Waals surface area contributed by atoms with Crippen LogP contribution < -0.4 is 9.64 Å². The van der Waals surface area contributed by atoms with E-state index in [0.29, 0.717) is 22.0 Å². The molecule has 1 saturated carbocycles. The molecular formula is C24H20ClNO4. The molecule has 5 rings (SSSR count). The van der Waals surface area contributed by atoms with Gasteiger partial charge in [0.05, 0.1) is 17.5 Å². The van der Waals surface area contributed by atoms with E-state index < -0.39 is 0 Å². The molecule has 0 aromatic heterocycles. The van der Waals surface area contributed by atoms with Crippen LogP contribution in [0.15, 0.2) is 60.2 Å². The van der Waals surface area contributed by atoms with Gasteiger partial charge in [-0.2, -0.15) is 0 Å². The smallest absolute Gasteiger partial charge is 0.238 e. The molecule has 152 valence electrons. The van der Waals surface area contributed by atoms with E-state index in [1.54, 1.807) is 48.5 Å². The lowest BCUT2D eigenvalue weighted by Gasteiger charge is -2.19. The third-order valence-corrected chi connectivity index (χ3v) is 6.74. The second-order valence-corrected chi connectivity index (χ2v) is 8.63. The van der Waals surface area contributed by atoms with Crippen molar-refractivity contribution < 1.29 is 19.1 Å². The normalized spacial score (nSPS) is 26.7. The van der Waals surface area contributed by atoms with Gasteiger partial charge in [-0.05, 0) is 61.6 Å². The highest BCUT2D eigenvalue weighted by atomic mass is 35.5. The molecule has 0 N–H and O–H groups in total. The molecule has 4 atom stereocenters. The summed E-state index contributed by atoms with van der Waals surface area (Å²) >= 11 is 5.85. The van der Waals surface area contributed by atoms with Gasteiger partial charge in [-0.1, -0.05) is 29.3 Å². The van der Waals surface area contributed by atoms with Crippen LogP contribution in [0.25, 0.3) is 0 Å². The number of Topliss-reactive ketones (excluding diaryl/α,β-unsaturated/α-hetero) is 1. The molecular weight excluding hydrogens is 402 g/mol. The lowest BCUT2D eigenvalue weighted by Crippen LogP contribution is -2.32. The second-order valence-electron chi connectivity index (χ2n) is 8.20. The molecule has 0 unspecified atom stereocenters. The lowest BCUT2D eigenvalue weighted by molar-refractivity contribution is -0.123. The van der Waals surface area contributed by atoms with Crippen molar-refractivity contribution in [1.29, 1.82) is 0 Å². The number of rotatable bonds is 5. The van der Waals surface area contributed by atoms with E-state index in [1.165, 1.54) is 10.5 Å². The Morgan fingerprint density at radius 2 is 1.83 bits per heavy atom. The number of ether oxygens (including phenoxy) is 1. The molecule has 2 amide bonds. The average molecular weight is 422 g/mol. The quantitative estimate of drug-likeness (QED) is 0.410. The maximum atomic E-state index is 13.1. The summed E-state index contributed by atoms with van der Waals surface area (Å²) in [5.41, 5.74) is 2.22. The van der Waals surface area contributed by atoms with E-state index in [2.05, 4.69) is 6.08 Å². The highest BCUT2D eigenvalue weighted by molar-refractivity contribution is 6.30. The number of amides is 2. The topological polar surface area (TPSA) is 63.7 Å². The molecule has 2 bridgehead atoms. The molecule has 1 saturated heterocycles. The van der Waals surface area contributed by atoms with Gasteiger partial charge in [-0.15, -0.1) is 0 Å². The standard InChI is InChI=1S/C24H20ClNO4/c1-13-9-15-10-19(13)22-21(15)23(28)26(24(22)29)17-3-2-4-18(11-17)30-12-20(27)14-5-7-16(25)8-6-14/h2-9,11,15,19,21-22H,10,12H2,1H3/t15-,19-,21-,22-/m0/s1. The van der Waals surface area contributed by atoms with Crippen molar-refractivity contribution in [2.75, 3.05) is 11.5 Å². The number of hydrogen-bond donors (Lipinski definition) is 0. The van der Waals surface area contributed by atoms with Crippen molar-refractivity contribution >= 4 is 34.9 Å². The zero-order valence-electron chi connectivity index (χ0n) is 16.4. The molecule has 1 heterocycles. The summed E-state index contributed by atoms with van der Waals surface area (Å²) in [6, 6.07) is 13.4. The predicted molar refractivity (Wildman–Crippen MR) is 113 cm³/mol. The van der Waals surface area contributed by atoms with Crippen molar-refractivity contribution in [3.63, 3.8) is 0 Å². The number of allylic oxidation sites excluding steroid dienone is 2. The number of carbonyl (C=O) groups excluding carboxylic acids is 3. The Kier molecular flexibility index (Phi) is 4.51. The minimum absolute atomic E-state index is 0.126. The van der Waals surface area contributed by atoms with E-state index >= 15 is 0 Å². The lowest BCUT2D eigenvalue weighted by atomic mass is 9.82. The van der Waals surface area contributed by atoms with Crippen LogP contribution in [0.2, 0.25) is 5.02 Å². The Labute approximate surface area is 179 Å². The summed E-state index contributed by atoms with van der Waals surface area (Å²) < 4.78 is 5.65. The Bertz CT molecular complexity index is 1090. The van der Waals surface area contributed by atoms with Crippen LogP contribution in [0.4, 0.5) is 5.69 Å². The Hall–Kier alpha value is -2.92. The number of benzene rings is 2. The fourth-order valence-electron chi connectivity index (χ4n) is 5.11. The Morgan fingerprint density at radius 3 is 2.60 bits per heavy atom. The van der Waals surface area contributed by atoms with Crippen LogP contribution in [-0.2, 0) is 9.59 Å². The van der Waals surface area contributed by atoms with Crippen LogP contribution in [0.3, 0.4) is 0 Å². The summed E-state index contributed by atoms with van der Waals surface area (Å²) in [6.07, 6.45) is 3.06. The average Bonchev–Trinajstić information content (AvgIpc) is 3.37. The molecule has 0 radical (unpaired) electrons. The molecule has 2 aliphatic carbocycles. The van der Waals surface area contributed by atoms with Crippen molar-refractivity contribution in [3.8, 4) is 5.75 Å². The fourth-order valence-corrected chi connectivity index (χ4v) is 5.24. The molecule has 30 heavy (non-hydrogen) atoms. The van der Waals surface area contributed by atoms with Crippen LogP contribution >= 0.6 is 11.6 Å². The largest absolute Gasteiger partial charge is 0.485 e. The molecule has 3 aliphatic rings. The molecule has 2 aromatic rings. The molecule has 0 spiro atoms.